The number of thioether (sulfide) groups is 1. The summed E-state index contributed by atoms with van der Waals surface area (Å²) < 4.78 is 6.33. The van der Waals surface area contributed by atoms with Crippen LogP contribution in [0.25, 0.3) is 0 Å². The summed E-state index contributed by atoms with van der Waals surface area (Å²) in [5.74, 6) is 1.07. The Morgan fingerprint density at radius 3 is 1.38 bits per heavy atom. The minimum absolute atomic E-state index is 0.138. The topological polar surface area (TPSA) is 12.5 Å². The van der Waals surface area contributed by atoms with Crippen LogP contribution in [0.5, 0.6) is 0 Å². The molecule has 0 aromatic heterocycles. The molecule has 2 atom stereocenters. The zero-order chi connectivity index (χ0) is 33.0. The van der Waals surface area contributed by atoms with Gasteiger partial charge < -0.3 is 9.64 Å². The third-order valence-corrected chi connectivity index (χ3v) is 11.5. The first-order valence-electron chi connectivity index (χ1n) is 20.5. The van der Waals surface area contributed by atoms with Crippen LogP contribution in [0, 0.1) is 0 Å². The molecular weight excluding hydrogens is 591 g/mol. The van der Waals surface area contributed by atoms with E-state index >= 15 is 0 Å². The lowest BCUT2D eigenvalue weighted by molar-refractivity contribution is 0.0550. The largest absolute Gasteiger partial charge is 0.372 e. The van der Waals surface area contributed by atoms with Gasteiger partial charge in [0.15, 0.2) is 0 Å². The summed E-state index contributed by atoms with van der Waals surface area (Å²) in [5.41, 5.74) is 4.12. The van der Waals surface area contributed by atoms with Crippen LogP contribution >= 0.6 is 11.8 Å². The van der Waals surface area contributed by atoms with Crippen molar-refractivity contribution >= 4 is 17.4 Å². The van der Waals surface area contributed by atoms with Crippen molar-refractivity contribution in [2.45, 2.75) is 179 Å². The number of benzene rings is 2. The third kappa shape index (κ3) is 17.7. The molecule has 0 amide bonds. The molecule has 0 radical (unpaired) electrons. The molecule has 0 bridgehead atoms. The summed E-state index contributed by atoms with van der Waals surface area (Å²) in [6.07, 6.45) is 34.1. The predicted octanol–water partition coefficient (Wildman–Crippen LogP) is 14.4. The molecule has 0 aliphatic carbocycles. The lowest BCUT2D eigenvalue weighted by atomic mass is 10.00. The van der Waals surface area contributed by atoms with E-state index in [1.54, 1.807) is 0 Å². The maximum absolute atomic E-state index is 6.33. The van der Waals surface area contributed by atoms with Gasteiger partial charge in [-0.3, -0.25) is 0 Å². The van der Waals surface area contributed by atoms with Crippen molar-refractivity contribution in [3.63, 3.8) is 0 Å². The number of anilines is 1. The van der Waals surface area contributed by atoms with Gasteiger partial charge in [0.25, 0.3) is 0 Å². The van der Waals surface area contributed by atoms with E-state index in [1.165, 1.54) is 184 Å². The molecule has 0 spiro atoms. The van der Waals surface area contributed by atoms with Crippen LogP contribution in [0.15, 0.2) is 54.6 Å². The Bertz CT molecular complexity index is 935. The predicted molar refractivity (Wildman–Crippen MR) is 211 cm³/mol. The molecule has 266 valence electrons. The molecule has 2 aromatic carbocycles. The Labute approximate surface area is 296 Å². The van der Waals surface area contributed by atoms with Gasteiger partial charge in [0.2, 0.25) is 0 Å². The normalized spacial score (nSPS) is 16.5. The molecule has 0 N–H and O–H groups in total. The van der Waals surface area contributed by atoms with Crippen molar-refractivity contribution in [1.82, 2.24) is 0 Å². The second-order valence-electron chi connectivity index (χ2n) is 14.4. The Balaban J connectivity index is 1.42. The highest BCUT2D eigenvalue weighted by molar-refractivity contribution is 7.99. The summed E-state index contributed by atoms with van der Waals surface area (Å²) in [7, 11) is 0. The first-order valence-corrected chi connectivity index (χ1v) is 21.5. The van der Waals surface area contributed by atoms with Crippen molar-refractivity contribution in [2.75, 3.05) is 30.3 Å². The lowest BCUT2D eigenvalue weighted by Gasteiger charge is -2.32. The molecule has 1 heterocycles. The molecule has 3 rings (SSSR count). The van der Waals surface area contributed by atoms with Crippen LogP contribution in [0.3, 0.4) is 0 Å². The Morgan fingerprint density at radius 2 is 0.936 bits per heavy atom. The lowest BCUT2D eigenvalue weighted by Crippen LogP contribution is -2.26. The summed E-state index contributed by atoms with van der Waals surface area (Å²) in [6, 6.07) is 20.4. The van der Waals surface area contributed by atoms with E-state index in [2.05, 4.69) is 85.1 Å². The first kappa shape index (κ1) is 40.0. The first-order chi connectivity index (χ1) is 23.3. The van der Waals surface area contributed by atoms with E-state index in [0.717, 1.165) is 12.4 Å². The van der Waals surface area contributed by atoms with Gasteiger partial charge in [0.1, 0.15) is 0 Å². The molecule has 1 aliphatic heterocycles. The van der Waals surface area contributed by atoms with Crippen LogP contribution in [-0.4, -0.2) is 25.4 Å². The second-order valence-corrected chi connectivity index (χ2v) is 15.6. The molecule has 2 nitrogen and oxygen atoms in total. The minimum atomic E-state index is 0.138. The Morgan fingerprint density at radius 1 is 0.511 bits per heavy atom. The molecule has 1 saturated heterocycles. The van der Waals surface area contributed by atoms with E-state index in [9.17, 15) is 0 Å². The molecular formula is C44H73NOS. The molecule has 47 heavy (non-hydrogen) atoms. The highest BCUT2D eigenvalue weighted by Crippen LogP contribution is 2.45. The van der Waals surface area contributed by atoms with Crippen LogP contribution in [0.1, 0.15) is 190 Å². The zero-order valence-corrected chi connectivity index (χ0v) is 31.7. The number of rotatable bonds is 29. The number of hydrogen-bond donors (Lipinski definition) is 0. The van der Waals surface area contributed by atoms with Crippen molar-refractivity contribution < 1.29 is 4.74 Å². The maximum atomic E-state index is 6.33. The van der Waals surface area contributed by atoms with Crippen molar-refractivity contribution in [1.29, 1.82) is 0 Å². The molecule has 1 fully saturated rings. The summed E-state index contributed by atoms with van der Waals surface area (Å²) in [4.78, 5) is 2.70. The average Bonchev–Trinajstić information content (AvgIpc) is 3.12. The van der Waals surface area contributed by atoms with Crippen molar-refractivity contribution in [2.24, 2.45) is 0 Å². The van der Waals surface area contributed by atoms with E-state index in [4.69, 9.17) is 4.74 Å². The van der Waals surface area contributed by atoms with Gasteiger partial charge in [-0.05, 0) is 36.1 Å². The average molecular weight is 664 g/mol. The Kier molecular flexibility index (Phi) is 23.3. The van der Waals surface area contributed by atoms with Gasteiger partial charge >= 0.3 is 0 Å². The molecule has 2 unspecified atom stereocenters. The van der Waals surface area contributed by atoms with E-state index in [0.29, 0.717) is 5.25 Å². The molecule has 3 heteroatoms. The third-order valence-electron chi connectivity index (χ3n) is 10.2. The fraction of sp³-hybridized carbons (Fsp3) is 0.727. The Hall–Kier alpha value is -1.45. The second kappa shape index (κ2) is 27.4. The minimum Gasteiger partial charge on any atom is -0.372 e. The number of hydrogen-bond acceptors (Lipinski definition) is 3. The fourth-order valence-electron chi connectivity index (χ4n) is 7.24. The van der Waals surface area contributed by atoms with Gasteiger partial charge in [-0.1, -0.05) is 198 Å². The van der Waals surface area contributed by atoms with Crippen LogP contribution in [0.4, 0.5) is 5.69 Å². The maximum Gasteiger partial charge on any atom is 0.0984 e. The van der Waals surface area contributed by atoms with Gasteiger partial charge in [0, 0.05) is 24.5 Å². The van der Waals surface area contributed by atoms with Gasteiger partial charge in [-0.25, -0.2) is 0 Å². The van der Waals surface area contributed by atoms with Gasteiger partial charge in [-0.15, -0.1) is 11.8 Å². The van der Waals surface area contributed by atoms with Crippen LogP contribution < -0.4 is 4.90 Å². The van der Waals surface area contributed by atoms with Crippen molar-refractivity contribution in [3.05, 3.63) is 65.7 Å². The number of unbranched alkanes of at least 4 members (excludes halogenated alkanes) is 22. The molecule has 0 saturated carbocycles. The number of ether oxygens (including phenoxy) is 1. The number of nitrogens with zero attached hydrogens (tertiary/aromatic N) is 1. The monoisotopic (exact) mass is 664 g/mol. The van der Waals surface area contributed by atoms with E-state index in [1.807, 2.05) is 0 Å². The summed E-state index contributed by atoms with van der Waals surface area (Å²) in [6.45, 7) is 7.85. The van der Waals surface area contributed by atoms with Crippen LogP contribution in [0.2, 0.25) is 0 Å². The standard InChI is InChI=1S/C44H73NOS/c1-3-5-7-9-11-13-15-17-19-21-23-28-36-45(37-29-24-22-20-18-16-14-12-10-8-6-4-2)42-34-32-41(33-35-42)44-43(46-38-39-47-44)40-30-26-25-27-31-40/h25-27,30-35,43-44H,3-24,28-29,36-39H2,1-2H3. The summed E-state index contributed by atoms with van der Waals surface area (Å²) >= 11 is 2.06. The molecule has 1 aliphatic rings. The van der Waals surface area contributed by atoms with Gasteiger partial charge in [-0.2, -0.15) is 0 Å². The zero-order valence-electron chi connectivity index (χ0n) is 30.9. The van der Waals surface area contributed by atoms with E-state index < -0.39 is 0 Å². The van der Waals surface area contributed by atoms with E-state index in [-0.39, 0.29) is 6.10 Å². The quantitative estimate of drug-likeness (QED) is 0.0804. The van der Waals surface area contributed by atoms with Crippen molar-refractivity contribution in [3.8, 4) is 0 Å². The summed E-state index contributed by atoms with van der Waals surface area (Å²) in [5, 5.41) is 0.362. The van der Waals surface area contributed by atoms with Gasteiger partial charge in [0.05, 0.1) is 18.0 Å². The highest BCUT2D eigenvalue weighted by atomic mass is 32.2. The fourth-order valence-corrected chi connectivity index (χ4v) is 8.45. The highest BCUT2D eigenvalue weighted by Gasteiger charge is 2.29. The van der Waals surface area contributed by atoms with Crippen LogP contribution in [-0.2, 0) is 4.74 Å². The SMILES string of the molecule is CCCCCCCCCCCCCCN(CCCCCCCCCCCCCC)c1ccc(C2SCCOC2c2ccccc2)cc1. The smallest absolute Gasteiger partial charge is 0.0984 e. The molecule has 2 aromatic rings.